The van der Waals surface area contributed by atoms with E-state index < -0.39 is 20.0 Å². The van der Waals surface area contributed by atoms with Crippen LogP contribution in [-0.2, 0) is 9.84 Å². The molecule has 1 aliphatic rings. The molecule has 0 N–H and O–H groups in total. The fraction of sp³-hybridized carbons (Fsp3) is 0. The maximum absolute atomic E-state index is 14.5. The fourth-order valence-corrected chi connectivity index (χ4v) is 3.66. The number of benzene rings is 2. The van der Waals surface area contributed by atoms with Crippen molar-refractivity contribution >= 4 is 26.4 Å². The van der Waals surface area contributed by atoms with Gasteiger partial charge in [0.15, 0.2) is 11.5 Å². The van der Waals surface area contributed by atoms with Gasteiger partial charge in [-0.3, -0.25) is 0 Å². The summed E-state index contributed by atoms with van der Waals surface area (Å²) in [6.45, 7) is 0. The molecule has 4 nitrogen and oxygen atoms in total. The summed E-state index contributed by atoms with van der Waals surface area (Å²) in [5, 5.41) is 0.113. The number of hydrogen-bond acceptors (Lipinski definition) is 4. The third kappa shape index (κ3) is 2.10. The van der Waals surface area contributed by atoms with Crippen molar-refractivity contribution in [1.82, 2.24) is 4.98 Å². The zero-order chi connectivity index (χ0) is 16.0. The highest BCUT2D eigenvalue weighted by atomic mass is 32.2. The molecule has 114 valence electrons. The van der Waals surface area contributed by atoms with Crippen molar-refractivity contribution in [2.45, 2.75) is 5.03 Å². The Labute approximate surface area is 131 Å². The lowest BCUT2D eigenvalue weighted by molar-refractivity contribution is 0.458. The molecule has 0 saturated heterocycles. The van der Waals surface area contributed by atoms with Crippen molar-refractivity contribution in [3.05, 3.63) is 71.5 Å². The Morgan fingerprint density at radius 3 is 2.57 bits per heavy atom. The van der Waals surface area contributed by atoms with Crippen LogP contribution < -0.4 is 4.74 Å². The van der Waals surface area contributed by atoms with Crippen molar-refractivity contribution in [2.24, 2.45) is 0 Å². The molecular weight excluding hydrogens is 317 g/mol. The van der Waals surface area contributed by atoms with Gasteiger partial charge < -0.3 is 4.74 Å². The predicted molar refractivity (Wildman–Crippen MR) is 84.0 cm³/mol. The van der Waals surface area contributed by atoms with E-state index >= 15 is 0 Å². The van der Waals surface area contributed by atoms with Crippen LogP contribution in [-0.4, -0.2) is 13.4 Å². The number of sulfone groups is 1. The van der Waals surface area contributed by atoms with Gasteiger partial charge >= 0.3 is 0 Å². The second-order valence-electron chi connectivity index (χ2n) is 5.08. The second kappa shape index (κ2) is 4.89. The first-order valence-corrected chi connectivity index (χ1v) is 8.32. The quantitative estimate of drug-likeness (QED) is 0.684. The lowest BCUT2D eigenvalue weighted by Gasteiger charge is -2.19. The smallest absolute Gasteiger partial charge is 0.264 e. The maximum Gasteiger partial charge on any atom is 0.264 e. The Hall–Kier alpha value is -2.73. The Morgan fingerprint density at radius 2 is 1.74 bits per heavy atom. The highest BCUT2D eigenvalue weighted by Gasteiger charge is 2.36. The third-order valence-corrected chi connectivity index (χ3v) is 5.10. The van der Waals surface area contributed by atoms with Gasteiger partial charge in [0.05, 0.1) is 0 Å². The van der Waals surface area contributed by atoms with Crippen molar-refractivity contribution in [3.63, 3.8) is 0 Å². The molecule has 2 heterocycles. The molecule has 6 heteroatoms. The molecule has 1 aromatic heterocycles. The first-order valence-electron chi connectivity index (χ1n) is 6.84. The summed E-state index contributed by atoms with van der Waals surface area (Å²) >= 11 is 0. The average Bonchev–Trinajstić information content (AvgIpc) is 2.58. The van der Waals surface area contributed by atoms with Crippen molar-refractivity contribution < 1.29 is 17.5 Å². The van der Waals surface area contributed by atoms with Crippen LogP contribution in [0.2, 0.25) is 0 Å². The molecule has 0 fully saturated rings. The van der Waals surface area contributed by atoms with E-state index in [1.54, 1.807) is 18.2 Å². The van der Waals surface area contributed by atoms with Crippen LogP contribution in [0.4, 0.5) is 4.39 Å². The third-order valence-electron chi connectivity index (χ3n) is 3.63. The molecule has 0 unspecified atom stereocenters. The number of rotatable bonds is 1. The molecule has 2 aromatic carbocycles. The number of aromatic nitrogens is 1. The summed E-state index contributed by atoms with van der Waals surface area (Å²) in [5.74, 6) is -0.284. The van der Waals surface area contributed by atoms with E-state index in [1.807, 2.05) is 24.3 Å². The zero-order valence-electron chi connectivity index (χ0n) is 11.7. The standard InChI is InChI=1S/C17H10FNO3S/c18-16-15(13-8-7-11-4-1-2-5-12(11)10-13)22-14-6-3-9-19-17(14)23(16,20)21/h1-10H. The summed E-state index contributed by atoms with van der Waals surface area (Å²) in [6.07, 6.45) is 1.29. The Kier molecular flexibility index (Phi) is 2.96. The minimum atomic E-state index is -4.29. The van der Waals surface area contributed by atoms with E-state index in [9.17, 15) is 12.8 Å². The van der Waals surface area contributed by atoms with E-state index in [0.29, 0.717) is 5.56 Å². The normalized spacial score (nSPS) is 16.0. The van der Waals surface area contributed by atoms with Crippen LogP contribution in [0.15, 0.2) is 71.0 Å². The summed E-state index contributed by atoms with van der Waals surface area (Å²) in [6, 6.07) is 15.6. The van der Waals surface area contributed by atoms with Gasteiger partial charge in [-0.05, 0) is 29.0 Å². The first kappa shape index (κ1) is 13.9. The lowest BCUT2D eigenvalue weighted by atomic mass is 10.1. The van der Waals surface area contributed by atoms with Gasteiger partial charge in [-0.1, -0.05) is 36.4 Å². The van der Waals surface area contributed by atoms with Gasteiger partial charge in [0.1, 0.15) is 0 Å². The molecular formula is C17H10FNO3S. The molecule has 1 aliphatic heterocycles. The summed E-state index contributed by atoms with van der Waals surface area (Å²) < 4.78 is 44.5. The molecule has 0 bridgehead atoms. The van der Waals surface area contributed by atoms with Crippen LogP contribution >= 0.6 is 0 Å². The van der Waals surface area contributed by atoms with E-state index in [0.717, 1.165) is 10.8 Å². The number of ether oxygens (including phenoxy) is 1. The molecule has 4 rings (SSSR count). The van der Waals surface area contributed by atoms with Gasteiger partial charge in [-0.2, -0.15) is 4.39 Å². The van der Waals surface area contributed by atoms with E-state index in [2.05, 4.69) is 4.98 Å². The van der Waals surface area contributed by atoms with Crippen LogP contribution in [0, 0.1) is 0 Å². The molecule has 0 radical (unpaired) electrons. The maximum atomic E-state index is 14.5. The molecule has 0 saturated carbocycles. The Bertz CT molecular complexity index is 1070. The van der Waals surface area contributed by atoms with Gasteiger partial charge in [-0.25, -0.2) is 13.4 Å². The minimum Gasteiger partial charge on any atom is -0.450 e. The first-order chi connectivity index (χ1) is 11.1. The van der Waals surface area contributed by atoms with Crippen LogP contribution in [0.25, 0.3) is 16.5 Å². The largest absolute Gasteiger partial charge is 0.450 e. The van der Waals surface area contributed by atoms with Crippen molar-refractivity contribution in [2.75, 3.05) is 0 Å². The number of fused-ring (bicyclic) bond motifs is 2. The highest BCUT2D eigenvalue weighted by molar-refractivity contribution is 7.95. The van der Waals surface area contributed by atoms with Gasteiger partial charge in [0, 0.05) is 11.8 Å². The minimum absolute atomic E-state index is 0.0251. The monoisotopic (exact) mass is 327 g/mol. The molecule has 0 aliphatic carbocycles. The van der Waals surface area contributed by atoms with E-state index in [-0.39, 0.29) is 11.5 Å². The molecule has 0 atom stereocenters. The fourth-order valence-electron chi connectivity index (χ4n) is 2.52. The van der Waals surface area contributed by atoms with Crippen molar-refractivity contribution in [1.29, 1.82) is 0 Å². The Morgan fingerprint density at radius 1 is 0.957 bits per heavy atom. The summed E-state index contributed by atoms with van der Waals surface area (Å²) in [5.41, 5.74) is 0.360. The highest BCUT2D eigenvalue weighted by Crippen LogP contribution is 2.39. The van der Waals surface area contributed by atoms with Crippen LogP contribution in [0.3, 0.4) is 0 Å². The van der Waals surface area contributed by atoms with Gasteiger partial charge in [0.25, 0.3) is 15.0 Å². The number of halogens is 1. The number of pyridine rings is 1. The van der Waals surface area contributed by atoms with E-state index in [1.165, 1.54) is 18.3 Å². The average molecular weight is 327 g/mol. The molecule has 0 spiro atoms. The van der Waals surface area contributed by atoms with Crippen molar-refractivity contribution in [3.8, 4) is 5.75 Å². The molecule has 0 amide bonds. The predicted octanol–water partition coefficient (Wildman–Crippen LogP) is 3.70. The van der Waals surface area contributed by atoms with Gasteiger partial charge in [-0.15, -0.1) is 0 Å². The van der Waals surface area contributed by atoms with E-state index in [4.69, 9.17) is 4.74 Å². The molecule has 3 aromatic rings. The summed E-state index contributed by atoms with van der Waals surface area (Å²) in [7, 11) is -4.29. The van der Waals surface area contributed by atoms with Crippen LogP contribution in [0.5, 0.6) is 5.75 Å². The lowest BCUT2D eigenvalue weighted by Crippen LogP contribution is -2.15. The second-order valence-corrected chi connectivity index (χ2v) is 6.83. The zero-order valence-corrected chi connectivity index (χ0v) is 12.5. The topological polar surface area (TPSA) is 56.3 Å². The SMILES string of the molecule is O=S1(=O)C(F)=C(c2ccc3ccccc3c2)Oc2cccnc21. The number of hydrogen-bond donors (Lipinski definition) is 0. The molecule has 23 heavy (non-hydrogen) atoms. The van der Waals surface area contributed by atoms with Gasteiger partial charge in [0.2, 0.25) is 5.03 Å². The Balaban J connectivity index is 1.94. The number of nitrogens with zero attached hydrogens (tertiary/aromatic N) is 1. The summed E-state index contributed by atoms with van der Waals surface area (Å²) in [4.78, 5) is 3.71. The van der Waals surface area contributed by atoms with Crippen LogP contribution in [0.1, 0.15) is 5.56 Å².